The number of halogens is 3. The second-order valence-electron chi connectivity index (χ2n) is 2.92. The van der Waals surface area contributed by atoms with E-state index < -0.39 is 5.82 Å². The van der Waals surface area contributed by atoms with Crippen LogP contribution in [-0.4, -0.2) is 17.8 Å². The van der Waals surface area contributed by atoms with E-state index in [4.69, 9.17) is 11.6 Å². The molecule has 15 heavy (non-hydrogen) atoms. The Balaban J connectivity index is 2.65. The molecule has 1 amide bonds. The van der Waals surface area contributed by atoms with Crippen LogP contribution in [0.5, 0.6) is 0 Å². The van der Waals surface area contributed by atoms with Gasteiger partial charge >= 0.3 is 0 Å². The van der Waals surface area contributed by atoms with Gasteiger partial charge in [0.25, 0.3) is 5.91 Å². The van der Waals surface area contributed by atoms with Gasteiger partial charge in [0.2, 0.25) is 0 Å². The predicted octanol–water partition coefficient (Wildman–Crippen LogP) is 2.99. The molecule has 0 radical (unpaired) electrons. The smallest absolute Gasteiger partial charge is 0.252 e. The van der Waals surface area contributed by atoms with Crippen molar-refractivity contribution in [1.29, 1.82) is 0 Å². The predicted molar refractivity (Wildman–Crippen MR) is 62.2 cm³/mol. The topological polar surface area (TPSA) is 29.1 Å². The largest absolute Gasteiger partial charge is 0.352 e. The van der Waals surface area contributed by atoms with Gasteiger partial charge in [-0.05, 0) is 24.6 Å². The van der Waals surface area contributed by atoms with E-state index in [0.717, 1.165) is 17.8 Å². The fourth-order valence-corrected chi connectivity index (χ4v) is 1.57. The van der Waals surface area contributed by atoms with E-state index >= 15 is 0 Å². The molecular formula is C10H10BrClFNO. The van der Waals surface area contributed by atoms with E-state index in [0.29, 0.717) is 12.1 Å². The van der Waals surface area contributed by atoms with Gasteiger partial charge in [-0.2, -0.15) is 0 Å². The molecule has 0 aliphatic heterocycles. The monoisotopic (exact) mass is 293 g/mol. The average molecular weight is 295 g/mol. The van der Waals surface area contributed by atoms with Crippen LogP contribution in [0.2, 0.25) is 5.02 Å². The van der Waals surface area contributed by atoms with Crippen LogP contribution in [0.1, 0.15) is 16.8 Å². The van der Waals surface area contributed by atoms with Gasteiger partial charge in [-0.1, -0.05) is 27.5 Å². The molecule has 82 valence electrons. The maximum Gasteiger partial charge on any atom is 0.252 e. The molecule has 0 saturated carbocycles. The maximum atomic E-state index is 12.7. The molecule has 1 aromatic carbocycles. The Morgan fingerprint density at radius 2 is 2.27 bits per heavy atom. The SMILES string of the molecule is O=C(NCCCBr)c1ccc(F)cc1Cl. The molecule has 0 bridgehead atoms. The number of hydrogen-bond donors (Lipinski definition) is 1. The Morgan fingerprint density at radius 3 is 2.87 bits per heavy atom. The van der Waals surface area contributed by atoms with Gasteiger partial charge in [-0.3, -0.25) is 4.79 Å². The summed E-state index contributed by atoms with van der Waals surface area (Å²) in [5.74, 6) is -0.724. The highest BCUT2D eigenvalue weighted by Crippen LogP contribution is 2.16. The molecule has 2 nitrogen and oxygen atoms in total. The lowest BCUT2D eigenvalue weighted by atomic mass is 10.2. The Morgan fingerprint density at radius 1 is 1.53 bits per heavy atom. The van der Waals surface area contributed by atoms with Crippen LogP contribution in [0.3, 0.4) is 0 Å². The highest BCUT2D eigenvalue weighted by atomic mass is 79.9. The average Bonchev–Trinajstić information content (AvgIpc) is 2.17. The van der Waals surface area contributed by atoms with E-state index in [1.165, 1.54) is 12.1 Å². The van der Waals surface area contributed by atoms with Crippen LogP contribution in [0.15, 0.2) is 18.2 Å². The Hall–Kier alpha value is -0.610. The van der Waals surface area contributed by atoms with Gasteiger partial charge in [0.15, 0.2) is 0 Å². The Kier molecular flexibility index (Phi) is 5.05. The molecule has 0 fully saturated rings. The first kappa shape index (κ1) is 12.5. The van der Waals surface area contributed by atoms with Gasteiger partial charge in [-0.15, -0.1) is 0 Å². The first-order valence-electron chi connectivity index (χ1n) is 4.44. The van der Waals surface area contributed by atoms with Crippen molar-refractivity contribution in [3.8, 4) is 0 Å². The summed E-state index contributed by atoms with van der Waals surface area (Å²) < 4.78 is 12.7. The summed E-state index contributed by atoms with van der Waals surface area (Å²) in [5, 5.41) is 3.64. The van der Waals surface area contributed by atoms with E-state index in [9.17, 15) is 9.18 Å². The molecule has 0 heterocycles. The molecule has 0 unspecified atom stereocenters. The third kappa shape index (κ3) is 3.80. The molecule has 0 spiro atoms. The summed E-state index contributed by atoms with van der Waals surface area (Å²) in [5.41, 5.74) is 0.299. The van der Waals surface area contributed by atoms with Crippen LogP contribution in [0.25, 0.3) is 0 Å². The van der Waals surface area contributed by atoms with Crippen molar-refractivity contribution in [3.63, 3.8) is 0 Å². The summed E-state index contributed by atoms with van der Waals surface area (Å²) >= 11 is 8.98. The zero-order valence-corrected chi connectivity index (χ0v) is 10.2. The van der Waals surface area contributed by atoms with Crippen LogP contribution < -0.4 is 5.32 Å². The Bertz CT molecular complexity index is 359. The molecule has 1 rings (SSSR count). The fraction of sp³-hybridized carbons (Fsp3) is 0.300. The summed E-state index contributed by atoms with van der Waals surface area (Å²) in [6, 6.07) is 3.72. The molecule has 5 heteroatoms. The molecule has 0 aliphatic carbocycles. The highest BCUT2D eigenvalue weighted by Gasteiger charge is 2.09. The van der Waals surface area contributed by atoms with Crippen molar-refractivity contribution >= 4 is 33.4 Å². The number of nitrogens with one attached hydrogen (secondary N) is 1. The Labute approximate surface area is 101 Å². The van der Waals surface area contributed by atoms with Gasteiger partial charge in [0.05, 0.1) is 10.6 Å². The number of amides is 1. The normalized spacial score (nSPS) is 10.1. The van der Waals surface area contributed by atoms with Gasteiger partial charge < -0.3 is 5.32 Å². The third-order valence-corrected chi connectivity index (χ3v) is 2.65. The summed E-state index contributed by atoms with van der Waals surface area (Å²) in [6.45, 7) is 0.567. The number of hydrogen-bond acceptors (Lipinski definition) is 1. The number of alkyl halides is 1. The first-order chi connectivity index (χ1) is 7.15. The van der Waals surface area contributed by atoms with E-state index in [1.54, 1.807) is 0 Å². The van der Waals surface area contributed by atoms with Gasteiger partial charge in [0.1, 0.15) is 5.82 Å². The van der Waals surface area contributed by atoms with Crippen LogP contribution >= 0.6 is 27.5 Å². The van der Waals surface area contributed by atoms with Gasteiger partial charge in [0, 0.05) is 11.9 Å². The van der Waals surface area contributed by atoms with Crippen LogP contribution in [-0.2, 0) is 0 Å². The molecule has 0 atom stereocenters. The highest BCUT2D eigenvalue weighted by molar-refractivity contribution is 9.09. The minimum absolute atomic E-state index is 0.131. The first-order valence-corrected chi connectivity index (χ1v) is 5.94. The lowest BCUT2D eigenvalue weighted by molar-refractivity contribution is 0.0954. The quantitative estimate of drug-likeness (QED) is 0.671. The van der Waals surface area contributed by atoms with E-state index in [1.807, 2.05) is 0 Å². The standard InChI is InChI=1S/C10H10BrClFNO/c11-4-1-5-14-10(15)8-3-2-7(13)6-9(8)12/h2-3,6H,1,4-5H2,(H,14,15). The van der Waals surface area contributed by atoms with Crippen molar-refractivity contribution in [2.75, 3.05) is 11.9 Å². The molecule has 0 aliphatic rings. The van der Waals surface area contributed by atoms with Crippen molar-refractivity contribution in [2.45, 2.75) is 6.42 Å². The van der Waals surface area contributed by atoms with Gasteiger partial charge in [-0.25, -0.2) is 4.39 Å². The number of carbonyl (C=O) groups excluding carboxylic acids is 1. The van der Waals surface area contributed by atoms with Crippen molar-refractivity contribution in [1.82, 2.24) is 5.32 Å². The molecular weight excluding hydrogens is 284 g/mol. The fourth-order valence-electron chi connectivity index (χ4n) is 1.04. The maximum absolute atomic E-state index is 12.7. The number of carbonyl (C=O) groups is 1. The molecule has 0 aromatic heterocycles. The summed E-state index contributed by atoms with van der Waals surface area (Å²) in [6.07, 6.45) is 0.838. The van der Waals surface area contributed by atoms with E-state index in [2.05, 4.69) is 21.2 Å². The lowest BCUT2D eigenvalue weighted by Crippen LogP contribution is -2.24. The number of rotatable bonds is 4. The zero-order chi connectivity index (χ0) is 11.3. The summed E-state index contributed by atoms with van der Waals surface area (Å²) in [4.78, 5) is 11.5. The molecule has 1 N–H and O–H groups in total. The minimum Gasteiger partial charge on any atom is -0.352 e. The minimum atomic E-state index is -0.447. The second-order valence-corrected chi connectivity index (χ2v) is 4.12. The van der Waals surface area contributed by atoms with Crippen LogP contribution in [0.4, 0.5) is 4.39 Å². The zero-order valence-electron chi connectivity index (χ0n) is 7.90. The second kappa shape index (κ2) is 6.08. The lowest BCUT2D eigenvalue weighted by Gasteiger charge is -2.05. The van der Waals surface area contributed by atoms with Crippen molar-refractivity contribution in [2.24, 2.45) is 0 Å². The summed E-state index contributed by atoms with van der Waals surface area (Å²) in [7, 11) is 0. The molecule has 1 aromatic rings. The van der Waals surface area contributed by atoms with Crippen LogP contribution in [0, 0.1) is 5.82 Å². The van der Waals surface area contributed by atoms with E-state index in [-0.39, 0.29) is 10.9 Å². The molecule has 0 saturated heterocycles. The third-order valence-electron chi connectivity index (χ3n) is 1.77. The van der Waals surface area contributed by atoms with Crippen molar-refractivity contribution in [3.05, 3.63) is 34.6 Å². The number of benzene rings is 1. The van der Waals surface area contributed by atoms with Crippen molar-refractivity contribution < 1.29 is 9.18 Å².